The van der Waals surface area contributed by atoms with Gasteiger partial charge in [-0.05, 0) is 44.4 Å². The lowest BCUT2D eigenvalue weighted by Crippen LogP contribution is -2.32. The van der Waals surface area contributed by atoms with E-state index in [0.717, 1.165) is 42.8 Å². The lowest BCUT2D eigenvalue weighted by Gasteiger charge is -2.28. The second kappa shape index (κ2) is 8.22. The van der Waals surface area contributed by atoms with E-state index in [0.29, 0.717) is 35.0 Å². The Morgan fingerprint density at radius 2 is 1.53 bits per heavy atom. The number of ether oxygens (including phenoxy) is 2. The summed E-state index contributed by atoms with van der Waals surface area (Å²) in [5.41, 5.74) is 3.59. The van der Waals surface area contributed by atoms with Gasteiger partial charge in [0.15, 0.2) is 11.5 Å². The van der Waals surface area contributed by atoms with E-state index in [1.54, 1.807) is 32.4 Å². The summed E-state index contributed by atoms with van der Waals surface area (Å²) >= 11 is 0. The number of sulfonamides is 1. The standard InChI is InChI=1S/C23H28N2O4S/c1-17-8-10-18(11-9-17)30(26,27)25-14-6-7-20(24-12-4-5-13-24)19-15-22(28-2)23(29-3)16-21(19)25/h7-11,15-16H,4-6,12-14H2,1-3H3. The van der Waals surface area contributed by atoms with Crippen molar-refractivity contribution in [1.82, 2.24) is 4.90 Å². The Balaban J connectivity index is 1.88. The van der Waals surface area contributed by atoms with Crippen LogP contribution < -0.4 is 13.8 Å². The van der Waals surface area contributed by atoms with Crippen molar-refractivity contribution >= 4 is 21.4 Å². The van der Waals surface area contributed by atoms with Crippen LogP contribution in [-0.2, 0) is 10.0 Å². The van der Waals surface area contributed by atoms with Gasteiger partial charge in [0.25, 0.3) is 10.0 Å². The Bertz CT molecular complexity index is 1060. The molecule has 160 valence electrons. The van der Waals surface area contributed by atoms with Crippen LogP contribution in [0.2, 0.25) is 0 Å². The Hall–Kier alpha value is -2.67. The first kappa shape index (κ1) is 20.6. The monoisotopic (exact) mass is 428 g/mol. The van der Waals surface area contributed by atoms with Gasteiger partial charge in [-0.3, -0.25) is 4.31 Å². The molecule has 2 aliphatic heterocycles. The van der Waals surface area contributed by atoms with Crippen LogP contribution in [0.3, 0.4) is 0 Å². The molecule has 0 spiro atoms. The predicted octanol–water partition coefficient (Wildman–Crippen LogP) is 4.05. The van der Waals surface area contributed by atoms with E-state index in [4.69, 9.17) is 9.47 Å². The number of methoxy groups -OCH3 is 2. The maximum absolute atomic E-state index is 13.6. The largest absolute Gasteiger partial charge is 0.493 e. The molecule has 0 amide bonds. The molecule has 30 heavy (non-hydrogen) atoms. The van der Waals surface area contributed by atoms with Crippen molar-refractivity contribution in [3.8, 4) is 11.5 Å². The fourth-order valence-corrected chi connectivity index (χ4v) is 5.66. The maximum Gasteiger partial charge on any atom is 0.264 e. The highest BCUT2D eigenvalue weighted by atomic mass is 32.2. The molecule has 0 aliphatic carbocycles. The summed E-state index contributed by atoms with van der Waals surface area (Å²) in [4.78, 5) is 2.63. The van der Waals surface area contributed by atoms with Gasteiger partial charge in [0.1, 0.15) is 0 Å². The molecule has 1 saturated heterocycles. The summed E-state index contributed by atoms with van der Waals surface area (Å²) in [5.74, 6) is 1.11. The van der Waals surface area contributed by atoms with Gasteiger partial charge in [0.05, 0.1) is 24.8 Å². The van der Waals surface area contributed by atoms with E-state index in [1.165, 1.54) is 4.31 Å². The second-order valence-corrected chi connectivity index (χ2v) is 9.55. The molecule has 2 aromatic rings. The number of hydrogen-bond acceptors (Lipinski definition) is 5. The smallest absolute Gasteiger partial charge is 0.264 e. The molecule has 4 rings (SSSR count). The van der Waals surface area contributed by atoms with Crippen molar-refractivity contribution in [1.29, 1.82) is 0 Å². The Kier molecular flexibility index (Phi) is 5.64. The Morgan fingerprint density at radius 3 is 2.17 bits per heavy atom. The topological polar surface area (TPSA) is 59.1 Å². The fourth-order valence-electron chi connectivity index (χ4n) is 4.17. The molecule has 0 aromatic heterocycles. The molecule has 1 fully saturated rings. The van der Waals surface area contributed by atoms with Gasteiger partial charge < -0.3 is 14.4 Å². The number of nitrogens with zero attached hydrogens (tertiary/aromatic N) is 2. The van der Waals surface area contributed by atoms with Crippen LogP contribution in [-0.4, -0.2) is 47.2 Å². The highest BCUT2D eigenvalue weighted by Crippen LogP contribution is 2.43. The van der Waals surface area contributed by atoms with E-state index in [1.807, 2.05) is 25.1 Å². The molecule has 2 heterocycles. The van der Waals surface area contributed by atoms with Gasteiger partial charge in [-0.1, -0.05) is 23.8 Å². The summed E-state index contributed by atoms with van der Waals surface area (Å²) in [5, 5.41) is 0. The van der Waals surface area contributed by atoms with Crippen LogP contribution in [0, 0.1) is 6.92 Å². The molecule has 7 heteroatoms. The highest BCUT2D eigenvalue weighted by molar-refractivity contribution is 7.92. The van der Waals surface area contributed by atoms with Crippen LogP contribution in [0.5, 0.6) is 11.5 Å². The number of anilines is 1. The zero-order chi connectivity index (χ0) is 21.3. The van der Waals surface area contributed by atoms with Crippen LogP contribution in [0.1, 0.15) is 30.4 Å². The third kappa shape index (κ3) is 3.62. The molecule has 0 N–H and O–H groups in total. The average molecular weight is 429 g/mol. The maximum atomic E-state index is 13.6. The first-order chi connectivity index (χ1) is 14.5. The minimum Gasteiger partial charge on any atom is -0.493 e. The van der Waals surface area contributed by atoms with Crippen molar-refractivity contribution in [3.63, 3.8) is 0 Å². The van der Waals surface area contributed by atoms with Gasteiger partial charge in [0.2, 0.25) is 0 Å². The Morgan fingerprint density at radius 1 is 0.900 bits per heavy atom. The van der Waals surface area contributed by atoms with E-state index in [9.17, 15) is 8.42 Å². The molecule has 6 nitrogen and oxygen atoms in total. The highest BCUT2D eigenvalue weighted by Gasteiger charge is 2.32. The third-order valence-electron chi connectivity index (χ3n) is 5.77. The van der Waals surface area contributed by atoms with E-state index in [-0.39, 0.29) is 0 Å². The van der Waals surface area contributed by atoms with Crippen molar-refractivity contribution in [2.75, 3.05) is 38.2 Å². The van der Waals surface area contributed by atoms with Crippen molar-refractivity contribution in [2.24, 2.45) is 0 Å². The van der Waals surface area contributed by atoms with Crippen molar-refractivity contribution < 1.29 is 17.9 Å². The summed E-state index contributed by atoms with van der Waals surface area (Å²) in [6.45, 7) is 4.27. The molecule has 0 unspecified atom stereocenters. The zero-order valence-corrected chi connectivity index (χ0v) is 18.5. The normalized spacial score (nSPS) is 16.7. The van der Waals surface area contributed by atoms with E-state index >= 15 is 0 Å². The molecule has 0 bridgehead atoms. The minimum atomic E-state index is -3.72. The zero-order valence-electron chi connectivity index (χ0n) is 17.7. The number of benzene rings is 2. The van der Waals surface area contributed by atoms with Crippen molar-refractivity contribution in [3.05, 3.63) is 53.6 Å². The summed E-state index contributed by atoms with van der Waals surface area (Å²) in [6, 6.07) is 10.7. The van der Waals surface area contributed by atoms with Gasteiger partial charge in [-0.25, -0.2) is 8.42 Å². The summed E-state index contributed by atoms with van der Waals surface area (Å²) in [6.07, 6.45) is 5.08. The van der Waals surface area contributed by atoms with Gasteiger partial charge in [0, 0.05) is 37.0 Å². The molecule has 0 atom stereocenters. The number of fused-ring (bicyclic) bond motifs is 1. The van der Waals surface area contributed by atoms with Gasteiger partial charge >= 0.3 is 0 Å². The van der Waals surface area contributed by atoms with Crippen LogP contribution in [0.15, 0.2) is 47.4 Å². The van der Waals surface area contributed by atoms with Gasteiger partial charge in [-0.15, -0.1) is 0 Å². The number of likely N-dealkylation sites (tertiary alicyclic amines) is 1. The second-order valence-electron chi connectivity index (χ2n) is 7.69. The lowest BCUT2D eigenvalue weighted by molar-refractivity contribution is 0.355. The molecular weight excluding hydrogens is 400 g/mol. The molecule has 2 aromatic carbocycles. The summed E-state index contributed by atoms with van der Waals surface area (Å²) < 4.78 is 39.8. The fraction of sp³-hybridized carbons (Fsp3) is 0.391. The molecule has 0 radical (unpaired) electrons. The van der Waals surface area contributed by atoms with Gasteiger partial charge in [-0.2, -0.15) is 0 Å². The Labute approximate surface area is 178 Å². The van der Waals surface area contributed by atoms with Crippen LogP contribution >= 0.6 is 0 Å². The quantitative estimate of drug-likeness (QED) is 0.719. The first-order valence-electron chi connectivity index (χ1n) is 10.3. The summed E-state index contributed by atoms with van der Waals surface area (Å²) in [7, 11) is -0.557. The van der Waals surface area contributed by atoms with E-state index < -0.39 is 10.0 Å². The van der Waals surface area contributed by atoms with Crippen LogP contribution in [0.4, 0.5) is 5.69 Å². The van der Waals surface area contributed by atoms with Crippen LogP contribution in [0.25, 0.3) is 5.70 Å². The lowest BCUT2D eigenvalue weighted by atomic mass is 10.1. The number of rotatable bonds is 5. The third-order valence-corrected chi connectivity index (χ3v) is 7.60. The SMILES string of the molecule is COc1cc2c(cc1OC)N(S(=O)(=O)c1ccc(C)cc1)CCC=C2N1CCCC1. The average Bonchev–Trinajstić information content (AvgIpc) is 3.21. The minimum absolute atomic E-state index is 0.290. The predicted molar refractivity (Wildman–Crippen MR) is 119 cm³/mol. The first-order valence-corrected chi connectivity index (χ1v) is 11.7. The molecular formula is C23H28N2O4S. The van der Waals surface area contributed by atoms with E-state index in [2.05, 4.69) is 11.0 Å². The molecule has 0 saturated carbocycles. The number of aryl methyl sites for hydroxylation is 1. The number of hydrogen-bond donors (Lipinski definition) is 0. The molecule has 2 aliphatic rings. The van der Waals surface area contributed by atoms with Crippen molar-refractivity contribution in [2.45, 2.75) is 31.1 Å².